The molecule has 0 saturated heterocycles. The fourth-order valence-electron chi connectivity index (χ4n) is 1.98. The maximum Gasteiger partial charge on any atom is 0.159 e. The Morgan fingerprint density at radius 3 is 2.85 bits per heavy atom. The molecule has 6 heteroatoms. The average molecular weight is 272 g/mol. The van der Waals surface area contributed by atoms with Crippen molar-refractivity contribution in [3.8, 4) is 11.5 Å². The normalized spacial score (nSPS) is 10.9. The lowest BCUT2D eigenvalue weighted by atomic mass is 10.2. The van der Waals surface area contributed by atoms with Gasteiger partial charge in [0.1, 0.15) is 22.8 Å². The van der Waals surface area contributed by atoms with E-state index in [9.17, 15) is 4.39 Å². The summed E-state index contributed by atoms with van der Waals surface area (Å²) in [5, 5.41) is 0. The molecule has 0 aliphatic carbocycles. The van der Waals surface area contributed by atoms with E-state index in [1.165, 1.54) is 12.1 Å². The first kappa shape index (κ1) is 12.4. The molecular weight excluding hydrogens is 259 g/mol. The minimum absolute atomic E-state index is 0.105. The van der Waals surface area contributed by atoms with Crippen LogP contribution in [0.3, 0.4) is 0 Å². The second-order valence-electron chi connectivity index (χ2n) is 4.61. The second-order valence-corrected chi connectivity index (χ2v) is 4.61. The monoisotopic (exact) mass is 272 g/mol. The summed E-state index contributed by atoms with van der Waals surface area (Å²) in [6.07, 6.45) is 3.26. The predicted octanol–water partition coefficient (Wildman–Crippen LogP) is 2.79. The number of anilines is 1. The molecule has 5 nitrogen and oxygen atoms in total. The highest BCUT2D eigenvalue weighted by atomic mass is 19.1. The van der Waals surface area contributed by atoms with Crippen molar-refractivity contribution >= 4 is 16.9 Å². The van der Waals surface area contributed by atoms with Gasteiger partial charge in [0.25, 0.3) is 0 Å². The number of hydrogen-bond donors (Lipinski definition) is 1. The summed E-state index contributed by atoms with van der Waals surface area (Å²) in [5.74, 6) is 0.412. The molecule has 2 aromatic heterocycles. The zero-order valence-electron chi connectivity index (χ0n) is 11.1. The van der Waals surface area contributed by atoms with Crippen LogP contribution in [0.1, 0.15) is 5.56 Å². The smallest absolute Gasteiger partial charge is 0.159 e. The van der Waals surface area contributed by atoms with Gasteiger partial charge in [-0.1, -0.05) is 0 Å². The number of halogens is 1. The Morgan fingerprint density at radius 1 is 1.25 bits per heavy atom. The van der Waals surface area contributed by atoms with E-state index >= 15 is 0 Å². The summed E-state index contributed by atoms with van der Waals surface area (Å²) in [4.78, 5) is 8.46. The highest BCUT2D eigenvalue weighted by Crippen LogP contribution is 2.29. The van der Waals surface area contributed by atoms with Crippen LogP contribution in [-0.4, -0.2) is 14.5 Å². The van der Waals surface area contributed by atoms with Gasteiger partial charge in [0.2, 0.25) is 0 Å². The van der Waals surface area contributed by atoms with E-state index in [4.69, 9.17) is 10.5 Å². The number of hydrogen-bond acceptors (Lipinski definition) is 4. The van der Waals surface area contributed by atoms with Crippen LogP contribution in [0.2, 0.25) is 0 Å². The Kier molecular flexibility index (Phi) is 2.78. The molecule has 0 atom stereocenters. The Morgan fingerprint density at radius 2 is 2.05 bits per heavy atom. The van der Waals surface area contributed by atoms with Gasteiger partial charge in [-0.15, -0.1) is 0 Å². The minimum atomic E-state index is -0.502. The molecule has 0 saturated carbocycles. The van der Waals surface area contributed by atoms with Gasteiger partial charge in [0.15, 0.2) is 5.65 Å². The van der Waals surface area contributed by atoms with E-state index in [2.05, 4.69) is 9.97 Å². The van der Waals surface area contributed by atoms with Gasteiger partial charge in [-0.25, -0.2) is 14.4 Å². The van der Waals surface area contributed by atoms with Crippen molar-refractivity contribution in [3.05, 3.63) is 42.1 Å². The summed E-state index contributed by atoms with van der Waals surface area (Å²) >= 11 is 0. The van der Waals surface area contributed by atoms with Crippen LogP contribution >= 0.6 is 0 Å². The molecule has 0 bridgehead atoms. The summed E-state index contributed by atoms with van der Waals surface area (Å²) < 4.78 is 20.9. The molecule has 20 heavy (non-hydrogen) atoms. The Hall–Kier alpha value is -2.63. The van der Waals surface area contributed by atoms with E-state index in [0.717, 1.165) is 16.7 Å². The minimum Gasteiger partial charge on any atom is -0.455 e. The molecule has 0 radical (unpaired) electrons. The lowest BCUT2D eigenvalue weighted by Gasteiger charge is -2.09. The number of benzene rings is 1. The van der Waals surface area contributed by atoms with Gasteiger partial charge in [-0.3, -0.25) is 0 Å². The molecule has 102 valence electrons. The molecule has 0 spiro atoms. The van der Waals surface area contributed by atoms with Gasteiger partial charge >= 0.3 is 0 Å². The molecule has 0 aliphatic heterocycles. The van der Waals surface area contributed by atoms with Crippen LogP contribution in [0.4, 0.5) is 10.1 Å². The fourth-order valence-corrected chi connectivity index (χ4v) is 1.98. The van der Waals surface area contributed by atoms with Gasteiger partial charge < -0.3 is 15.0 Å². The second kappa shape index (κ2) is 4.48. The van der Waals surface area contributed by atoms with Crippen molar-refractivity contribution in [3.63, 3.8) is 0 Å². The van der Waals surface area contributed by atoms with Crippen molar-refractivity contribution < 1.29 is 9.13 Å². The van der Waals surface area contributed by atoms with Crippen molar-refractivity contribution in [2.75, 3.05) is 5.73 Å². The molecule has 1 aromatic carbocycles. The Balaban J connectivity index is 1.98. The summed E-state index contributed by atoms with van der Waals surface area (Å²) in [5.41, 5.74) is 7.85. The van der Waals surface area contributed by atoms with Crippen molar-refractivity contribution in [2.45, 2.75) is 6.92 Å². The molecule has 0 unspecified atom stereocenters. The van der Waals surface area contributed by atoms with E-state index in [1.54, 1.807) is 25.5 Å². The molecule has 3 aromatic rings. The third-order valence-electron chi connectivity index (χ3n) is 3.05. The van der Waals surface area contributed by atoms with E-state index in [-0.39, 0.29) is 5.69 Å². The van der Waals surface area contributed by atoms with Crippen LogP contribution < -0.4 is 10.5 Å². The van der Waals surface area contributed by atoms with Crippen LogP contribution in [0.25, 0.3) is 11.2 Å². The van der Waals surface area contributed by atoms with Crippen molar-refractivity contribution in [1.82, 2.24) is 14.5 Å². The highest BCUT2D eigenvalue weighted by Gasteiger charge is 2.09. The molecule has 3 rings (SSSR count). The van der Waals surface area contributed by atoms with Crippen LogP contribution in [0.5, 0.6) is 11.5 Å². The molecular formula is C14H13FN4O. The maximum absolute atomic E-state index is 13.5. The van der Waals surface area contributed by atoms with Crippen LogP contribution in [0, 0.1) is 12.7 Å². The number of nitrogens with zero attached hydrogens (tertiary/aromatic N) is 3. The zero-order valence-corrected chi connectivity index (χ0v) is 11.1. The first-order valence-corrected chi connectivity index (χ1v) is 6.05. The van der Waals surface area contributed by atoms with Gasteiger partial charge in [-0.2, -0.15) is 0 Å². The zero-order chi connectivity index (χ0) is 14.3. The van der Waals surface area contributed by atoms with Crippen molar-refractivity contribution in [1.29, 1.82) is 0 Å². The summed E-state index contributed by atoms with van der Waals surface area (Å²) in [7, 11) is 1.86. The van der Waals surface area contributed by atoms with Crippen molar-refractivity contribution in [2.24, 2.45) is 7.05 Å². The molecule has 0 amide bonds. The first-order chi connectivity index (χ1) is 9.54. The average Bonchev–Trinajstić information content (AvgIpc) is 2.77. The SMILES string of the molecule is Cc1cc(N)c(F)cc1Oc1cnc2c(c1)ncn2C. The fraction of sp³-hybridized carbons (Fsp3) is 0.143. The number of fused-ring (bicyclic) bond motifs is 1. The topological polar surface area (TPSA) is 66.0 Å². The lowest BCUT2D eigenvalue weighted by Crippen LogP contribution is -1.95. The van der Waals surface area contributed by atoms with E-state index in [1.807, 2.05) is 11.6 Å². The molecule has 0 fully saturated rings. The molecule has 2 N–H and O–H groups in total. The van der Waals surface area contributed by atoms with Crippen LogP contribution in [0.15, 0.2) is 30.7 Å². The summed E-state index contributed by atoms with van der Waals surface area (Å²) in [6.45, 7) is 1.80. The number of aryl methyl sites for hydroxylation is 2. The number of aromatic nitrogens is 3. The molecule has 2 heterocycles. The van der Waals surface area contributed by atoms with Gasteiger partial charge in [0.05, 0.1) is 18.2 Å². The number of nitrogen functional groups attached to an aromatic ring is 1. The third-order valence-corrected chi connectivity index (χ3v) is 3.05. The van der Waals surface area contributed by atoms with Crippen LogP contribution in [-0.2, 0) is 7.05 Å². The Bertz CT molecular complexity index is 797. The summed E-state index contributed by atoms with van der Waals surface area (Å²) in [6, 6.07) is 4.57. The van der Waals surface area contributed by atoms with E-state index in [0.29, 0.717) is 11.5 Å². The Labute approximate surface area is 114 Å². The number of ether oxygens (including phenoxy) is 1. The van der Waals surface area contributed by atoms with Gasteiger partial charge in [-0.05, 0) is 18.6 Å². The quantitative estimate of drug-likeness (QED) is 0.728. The largest absolute Gasteiger partial charge is 0.455 e. The van der Waals surface area contributed by atoms with Gasteiger partial charge in [0, 0.05) is 19.2 Å². The number of nitrogens with two attached hydrogens (primary N) is 1. The number of pyridine rings is 1. The standard InChI is InChI=1S/C14H13FN4O/c1-8-3-11(16)10(15)5-13(8)20-9-4-12-14(17-6-9)19(2)7-18-12/h3-7H,16H2,1-2H3. The number of rotatable bonds is 2. The first-order valence-electron chi connectivity index (χ1n) is 6.05. The molecule has 0 aliphatic rings. The van der Waals surface area contributed by atoms with E-state index < -0.39 is 5.82 Å². The third kappa shape index (κ3) is 2.05. The predicted molar refractivity (Wildman–Crippen MR) is 74.1 cm³/mol. The lowest BCUT2D eigenvalue weighted by molar-refractivity contribution is 0.472. The maximum atomic E-state index is 13.5. The highest BCUT2D eigenvalue weighted by molar-refractivity contribution is 5.72. The number of imidazole rings is 1.